The average molecular weight is 345 g/mol. The quantitative estimate of drug-likeness (QED) is 0.769. The van der Waals surface area contributed by atoms with Crippen molar-refractivity contribution < 1.29 is 14.6 Å². The van der Waals surface area contributed by atoms with Crippen LogP contribution >= 0.6 is 0 Å². The molecule has 0 aliphatic heterocycles. The van der Waals surface area contributed by atoms with E-state index in [0.29, 0.717) is 18.2 Å². The van der Waals surface area contributed by atoms with E-state index in [2.05, 4.69) is 10.4 Å². The van der Waals surface area contributed by atoms with Crippen LogP contribution in [0, 0.1) is 19.8 Å². The van der Waals surface area contributed by atoms with Gasteiger partial charge in [0.2, 0.25) is 0 Å². The van der Waals surface area contributed by atoms with E-state index in [4.69, 9.17) is 4.74 Å². The summed E-state index contributed by atoms with van der Waals surface area (Å²) in [6.45, 7) is 8.93. The molecule has 1 aromatic heterocycles. The van der Waals surface area contributed by atoms with Crippen molar-refractivity contribution in [3.05, 3.63) is 47.3 Å². The molecule has 1 heterocycles. The number of carbonyl (C=O) groups is 1. The first-order valence-corrected chi connectivity index (χ1v) is 8.54. The maximum Gasteiger partial charge on any atom is 0.271 e. The molecule has 2 aromatic rings. The molecule has 1 aromatic carbocycles. The summed E-state index contributed by atoms with van der Waals surface area (Å²) in [5, 5.41) is 16.9. The van der Waals surface area contributed by atoms with E-state index in [-0.39, 0.29) is 19.1 Å². The van der Waals surface area contributed by atoms with Crippen LogP contribution in [0.3, 0.4) is 0 Å². The molecular formula is C19H27N3O3. The van der Waals surface area contributed by atoms with Gasteiger partial charge in [-0.1, -0.05) is 31.5 Å². The SMILES string of the molecule is Cc1ccc(-n2nc(C(=O)NCC(O)COCC(C)C)cc2C)cc1. The van der Waals surface area contributed by atoms with Gasteiger partial charge in [-0.05, 0) is 38.0 Å². The number of benzene rings is 1. The first kappa shape index (κ1) is 19.1. The van der Waals surface area contributed by atoms with E-state index in [9.17, 15) is 9.90 Å². The fourth-order valence-electron chi connectivity index (χ4n) is 2.33. The zero-order valence-corrected chi connectivity index (χ0v) is 15.3. The van der Waals surface area contributed by atoms with E-state index in [1.54, 1.807) is 10.7 Å². The average Bonchev–Trinajstić information content (AvgIpc) is 2.95. The summed E-state index contributed by atoms with van der Waals surface area (Å²) in [6, 6.07) is 9.67. The van der Waals surface area contributed by atoms with Gasteiger partial charge in [-0.3, -0.25) is 4.79 Å². The highest BCUT2D eigenvalue weighted by molar-refractivity contribution is 5.92. The molecule has 1 amide bonds. The Morgan fingerprint density at radius 3 is 2.56 bits per heavy atom. The maximum atomic E-state index is 12.2. The number of rotatable bonds is 8. The van der Waals surface area contributed by atoms with Crippen LogP contribution in [0.5, 0.6) is 0 Å². The number of amides is 1. The number of ether oxygens (including phenoxy) is 1. The lowest BCUT2D eigenvalue weighted by Gasteiger charge is -2.13. The van der Waals surface area contributed by atoms with Crippen molar-refractivity contribution >= 4 is 5.91 Å². The van der Waals surface area contributed by atoms with Gasteiger partial charge >= 0.3 is 0 Å². The normalized spacial score (nSPS) is 12.4. The molecule has 2 N–H and O–H groups in total. The molecular weight excluding hydrogens is 318 g/mol. The highest BCUT2D eigenvalue weighted by Gasteiger charge is 2.14. The Balaban J connectivity index is 1.92. The second-order valence-corrected chi connectivity index (χ2v) is 6.71. The van der Waals surface area contributed by atoms with Gasteiger partial charge in [-0.2, -0.15) is 5.10 Å². The first-order valence-electron chi connectivity index (χ1n) is 8.54. The second kappa shape index (κ2) is 8.78. The van der Waals surface area contributed by atoms with E-state index >= 15 is 0 Å². The lowest BCUT2D eigenvalue weighted by atomic mass is 10.2. The number of hydrogen-bond donors (Lipinski definition) is 2. The van der Waals surface area contributed by atoms with Crippen molar-refractivity contribution in [1.29, 1.82) is 0 Å². The summed E-state index contributed by atoms with van der Waals surface area (Å²) < 4.78 is 7.10. The summed E-state index contributed by atoms with van der Waals surface area (Å²) in [5.41, 5.74) is 3.27. The molecule has 0 spiro atoms. The third-order valence-electron chi connectivity index (χ3n) is 3.66. The molecule has 0 saturated carbocycles. The Labute approximate surface area is 148 Å². The van der Waals surface area contributed by atoms with Crippen LogP contribution in [0.15, 0.2) is 30.3 Å². The van der Waals surface area contributed by atoms with Crippen LogP contribution < -0.4 is 5.32 Å². The molecule has 0 saturated heterocycles. The van der Waals surface area contributed by atoms with Crippen molar-refractivity contribution in [2.24, 2.45) is 5.92 Å². The molecule has 0 fully saturated rings. The van der Waals surface area contributed by atoms with Gasteiger partial charge in [0.05, 0.1) is 18.4 Å². The number of aliphatic hydroxyl groups is 1. The fraction of sp³-hybridized carbons (Fsp3) is 0.474. The Kier molecular flexibility index (Phi) is 6.73. The van der Waals surface area contributed by atoms with Crippen LogP contribution in [-0.4, -0.2) is 46.7 Å². The van der Waals surface area contributed by atoms with Gasteiger partial charge < -0.3 is 15.2 Å². The van der Waals surface area contributed by atoms with Gasteiger partial charge in [0.25, 0.3) is 5.91 Å². The highest BCUT2D eigenvalue weighted by Crippen LogP contribution is 2.13. The Morgan fingerprint density at radius 1 is 1.24 bits per heavy atom. The number of carbonyl (C=O) groups excluding carboxylic acids is 1. The van der Waals surface area contributed by atoms with Crippen molar-refractivity contribution in [2.75, 3.05) is 19.8 Å². The smallest absolute Gasteiger partial charge is 0.271 e. The lowest BCUT2D eigenvalue weighted by Crippen LogP contribution is -2.35. The zero-order chi connectivity index (χ0) is 18.4. The van der Waals surface area contributed by atoms with Crippen LogP contribution in [0.25, 0.3) is 5.69 Å². The first-order chi connectivity index (χ1) is 11.9. The maximum absolute atomic E-state index is 12.2. The second-order valence-electron chi connectivity index (χ2n) is 6.71. The zero-order valence-electron chi connectivity index (χ0n) is 15.3. The third kappa shape index (κ3) is 5.69. The van der Waals surface area contributed by atoms with Gasteiger partial charge in [0.1, 0.15) is 0 Å². The van der Waals surface area contributed by atoms with Crippen LogP contribution in [0.4, 0.5) is 0 Å². The number of nitrogens with zero attached hydrogens (tertiary/aromatic N) is 2. The third-order valence-corrected chi connectivity index (χ3v) is 3.66. The van der Waals surface area contributed by atoms with Crippen LogP contribution in [0.2, 0.25) is 0 Å². The van der Waals surface area contributed by atoms with Crippen LogP contribution in [-0.2, 0) is 4.74 Å². The summed E-state index contributed by atoms with van der Waals surface area (Å²) in [5.74, 6) is 0.104. The largest absolute Gasteiger partial charge is 0.389 e. The lowest BCUT2D eigenvalue weighted by molar-refractivity contribution is 0.0259. The molecule has 6 nitrogen and oxygen atoms in total. The molecule has 1 unspecified atom stereocenters. The Bertz CT molecular complexity index is 692. The fourth-order valence-corrected chi connectivity index (χ4v) is 2.33. The molecule has 0 aliphatic carbocycles. The number of nitrogens with one attached hydrogen (secondary N) is 1. The molecule has 0 aliphatic rings. The van der Waals surface area contributed by atoms with Crippen LogP contribution in [0.1, 0.15) is 35.6 Å². The topological polar surface area (TPSA) is 76.4 Å². The van der Waals surface area contributed by atoms with E-state index < -0.39 is 6.10 Å². The van der Waals surface area contributed by atoms with Crippen molar-refractivity contribution in [1.82, 2.24) is 15.1 Å². The predicted octanol–water partition coefficient (Wildman–Crippen LogP) is 2.25. The molecule has 1 atom stereocenters. The Morgan fingerprint density at radius 2 is 1.92 bits per heavy atom. The Hall–Kier alpha value is -2.18. The van der Waals surface area contributed by atoms with Gasteiger partial charge in [0.15, 0.2) is 5.69 Å². The summed E-state index contributed by atoms with van der Waals surface area (Å²) in [6.07, 6.45) is -0.733. The standard InChI is InChI=1S/C19H27N3O3/c1-13(2)11-25-12-17(23)10-20-19(24)18-9-15(4)22(21-18)16-7-5-14(3)6-8-16/h5-9,13,17,23H,10-12H2,1-4H3,(H,20,24). The molecule has 2 rings (SSSR count). The van der Waals surface area contributed by atoms with E-state index in [0.717, 1.165) is 11.4 Å². The summed E-state index contributed by atoms with van der Waals surface area (Å²) in [7, 11) is 0. The summed E-state index contributed by atoms with van der Waals surface area (Å²) in [4.78, 5) is 12.2. The number of aromatic nitrogens is 2. The highest BCUT2D eigenvalue weighted by atomic mass is 16.5. The number of aryl methyl sites for hydroxylation is 2. The van der Waals surface area contributed by atoms with E-state index in [1.165, 1.54) is 5.56 Å². The summed E-state index contributed by atoms with van der Waals surface area (Å²) >= 11 is 0. The monoisotopic (exact) mass is 345 g/mol. The molecule has 0 bridgehead atoms. The minimum absolute atomic E-state index is 0.132. The van der Waals surface area contributed by atoms with Gasteiger partial charge in [0, 0.05) is 18.8 Å². The molecule has 25 heavy (non-hydrogen) atoms. The minimum Gasteiger partial charge on any atom is -0.389 e. The number of aliphatic hydroxyl groups excluding tert-OH is 1. The predicted molar refractivity (Wildman–Crippen MR) is 97.0 cm³/mol. The van der Waals surface area contributed by atoms with Crippen molar-refractivity contribution in [2.45, 2.75) is 33.8 Å². The van der Waals surface area contributed by atoms with Gasteiger partial charge in [-0.25, -0.2) is 4.68 Å². The molecule has 6 heteroatoms. The van der Waals surface area contributed by atoms with E-state index in [1.807, 2.05) is 52.0 Å². The van der Waals surface area contributed by atoms with Crippen molar-refractivity contribution in [3.63, 3.8) is 0 Å². The minimum atomic E-state index is -0.733. The molecule has 136 valence electrons. The number of hydrogen-bond acceptors (Lipinski definition) is 4. The van der Waals surface area contributed by atoms with Crippen molar-refractivity contribution in [3.8, 4) is 5.69 Å². The molecule has 0 radical (unpaired) electrons. The van der Waals surface area contributed by atoms with Gasteiger partial charge in [-0.15, -0.1) is 0 Å².